The van der Waals surface area contributed by atoms with Crippen molar-refractivity contribution in [2.75, 3.05) is 4.90 Å². The average molecular weight is 545 g/mol. The Hall–Kier alpha value is -4.78. The average Bonchev–Trinajstić information content (AvgIpc) is 3.12. The fourth-order valence-corrected chi connectivity index (χ4v) is 5.90. The van der Waals surface area contributed by atoms with E-state index < -0.39 is 4.92 Å². The summed E-state index contributed by atoms with van der Waals surface area (Å²) >= 11 is 0. The van der Waals surface area contributed by atoms with Crippen molar-refractivity contribution in [3.63, 3.8) is 0 Å². The van der Waals surface area contributed by atoms with Crippen LogP contribution in [0, 0.1) is 23.0 Å². The van der Waals surface area contributed by atoms with Gasteiger partial charge in [0.25, 0.3) is 5.69 Å². The monoisotopic (exact) mass is 544 g/mol. The van der Waals surface area contributed by atoms with Gasteiger partial charge in [-0.1, -0.05) is 85.5 Å². The molecule has 0 bridgehead atoms. The topological polar surface area (TPSA) is 79.0 Å². The van der Waals surface area contributed by atoms with Gasteiger partial charge < -0.3 is 0 Å². The molecule has 6 rings (SSSR count). The first kappa shape index (κ1) is 26.4. The Morgan fingerprint density at radius 1 is 0.854 bits per heavy atom. The number of carbonyl (C=O) groups excluding carboxylic acids is 1. The number of non-ortho nitro benzene ring substituents is 1. The van der Waals surface area contributed by atoms with E-state index in [0.717, 1.165) is 59.3 Å². The molecule has 7 heteroatoms. The predicted octanol–water partition coefficient (Wildman–Crippen LogP) is 8.63. The van der Waals surface area contributed by atoms with Crippen LogP contribution in [0.1, 0.15) is 48.8 Å². The molecule has 0 aromatic heterocycles. The summed E-state index contributed by atoms with van der Waals surface area (Å²) < 4.78 is 0. The van der Waals surface area contributed by atoms with Gasteiger partial charge in [0.15, 0.2) is 0 Å². The van der Waals surface area contributed by atoms with Crippen LogP contribution in [0.15, 0.2) is 102 Å². The van der Waals surface area contributed by atoms with Crippen LogP contribution in [0.2, 0.25) is 0 Å². The van der Waals surface area contributed by atoms with Crippen LogP contribution in [0.5, 0.6) is 0 Å². The zero-order valence-electron chi connectivity index (χ0n) is 23.1. The lowest BCUT2D eigenvalue weighted by molar-refractivity contribution is -0.384. The molecule has 41 heavy (non-hydrogen) atoms. The van der Waals surface area contributed by atoms with E-state index in [1.807, 2.05) is 42.5 Å². The lowest BCUT2D eigenvalue weighted by atomic mass is 9.82. The number of nitro groups is 1. The van der Waals surface area contributed by atoms with E-state index in [9.17, 15) is 14.9 Å². The minimum atomic E-state index is -0.428. The first-order chi connectivity index (χ1) is 20.0. The maximum absolute atomic E-state index is 14.4. The third-order valence-electron chi connectivity index (χ3n) is 7.99. The second kappa shape index (κ2) is 11.4. The molecule has 2 amide bonds. The molecule has 4 aromatic carbocycles. The van der Waals surface area contributed by atoms with Crippen LogP contribution < -0.4 is 4.90 Å². The van der Waals surface area contributed by atoms with Gasteiger partial charge in [0.2, 0.25) is 0 Å². The molecule has 0 spiro atoms. The molecule has 0 unspecified atom stereocenters. The van der Waals surface area contributed by atoms with E-state index in [1.165, 1.54) is 24.1 Å². The molecule has 206 valence electrons. The zero-order valence-corrected chi connectivity index (χ0v) is 23.1. The highest BCUT2D eigenvalue weighted by atomic mass is 16.6. The van der Waals surface area contributed by atoms with E-state index in [2.05, 4.69) is 37.3 Å². The Morgan fingerprint density at radius 2 is 1.59 bits per heavy atom. The molecule has 0 radical (unpaired) electrons. The zero-order chi connectivity index (χ0) is 28.3. The summed E-state index contributed by atoms with van der Waals surface area (Å²) in [5.74, 6) is 0.234. The van der Waals surface area contributed by atoms with Gasteiger partial charge in [0.05, 0.1) is 28.6 Å². The van der Waals surface area contributed by atoms with Crippen molar-refractivity contribution in [1.82, 2.24) is 5.01 Å². The molecule has 1 saturated carbocycles. The van der Waals surface area contributed by atoms with Crippen LogP contribution >= 0.6 is 0 Å². The number of rotatable bonds is 6. The predicted molar refractivity (Wildman–Crippen MR) is 162 cm³/mol. The number of carbonyl (C=O) groups is 1. The van der Waals surface area contributed by atoms with Crippen LogP contribution in [0.4, 0.5) is 21.9 Å². The van der Waals surface area contributed by atoms with Gasteiger partial charge in [-0.05, 0) is 60.7 Å². The molecule has 0 saturated heterocycles. The Bertz CT molecular complexity index is 1610. The summed E-state index contributed by atoms with van der Waals surface area (Å²) in [6.45, 7) is 2.40. The molecule has 1 aliphatic heterocycles. The van der Waals surface area contributed by atoms with Gasteiger partial charge in [-0.2, -0.15) is 5.10 Å². The van der Waals surface area contributed by atoms with E-state index in [0.29, 0.717) is 12.2 Å². The maximum atomic E-state index is 14.4. The van der Waals surface area contributed by atoms with Crippen LogP contribution in [0.25, 0.3) is 11.1 Å². The van der Waals surface area contributed by atoms with E-state index in [-0.39, 0.29) is 17.6 Å². The molecular weight excluding hydrogens is 512 g/mol. The molecule has 1 fully saturated rings. The molecule has 0 N–H and O–H groups in total. The van der Waals surface area contributed by atoms with Gasteiger partial charge in [0, 0.05) is 23.6 Å². The van der Waals surface area contributed by atoms with Crippen molar-refractivity contribution in [3.05, 3.63) is 124 Å². The highest BCUT2D eigenvalue weighted by Crippen LogP contribution is 2.40. The second-order valence-corrected chi connectivity index (χ2v) is 10.9. The largest absolute Gasteiger partial charge is 0.349 e. The van der Waals surface area contributed by atoms with Crippen molar-refractivity contribution < 1.29 is 9.72 Å². The third-order valence-corrected chi connectivity index (χ3v) is 7.99. The molecule has 1 aliphatic carbocycles. The van der Waals surface area contributed by atoms with Crippen LogP contribution in [0.3, 0.4) is 0 Å². The minimum absolute atomic E-state index is 0.0219. The maximum Gasteiger partial charge on any atom is 0.349 e. The lowest BCUT2D eigenvalue weighted by Gasteiger charge is -2.27. The number of urea groups is 1. The summed E-state index contributed by atoms with van der Waals surface area (Å²) in [5, 5.41) is 18.1. The summed E-state index contributed by atoms with van der Waals surface area (Å²) in [5.41, 5.74) is 7.45. The first-order valence-electron chi connectivity index (χ1n) is 14.2. The number of nitro benzene ring substituents is 1. The molecule has 7 nitrogen and oxygen atoms in total. The van der Waals surface area contributed by atoms with Crippen molar-refractivity contribution in [3.8, 4) is 11.1 Å². The number of hydrogen-bond acceptors (Lipinski definition) is 4. The first-order valence-corrected chi connectivity index (χ1v) is 14.2. The van der Waals surface area contributed by atoms with E-state index >= 15 is 0 Å². The highest BCUT2D eigenvalue weighted by Gasteiger charge is 2.34. The lowest BCUT2D eigenvalue weighted by Crippen LogP contribution is -2.36. The summed E-state index contributed by atoms with van der Waals surface area (Å²) in [6, 6.07) is 30.3. The summed E-state index contributed by atoms with van der Waals surface area (Å²) in [6.07, 6.45) is 5.53. The molecule has 1 heterocycles. The number of nitrogens with zero attached hydrogens (tertiary/aromatic N) is 4. The minimum Gasteiger partial charge on any atom is -0.261 e. The number of anilines is 2. The van der Waals surface area contributed by atoms with Crippen molar-refractivity contribution in [2.45, 2.75) is 45.6 Å². The normalized spacial score (nSPS) is 15.7. The van der Waals surface area contributed by atoms with Gasteiger partial charge in [-0.3, -0.25) is 15.0 Å². The summed E-state index contributed by atoms with van der Waals surface area (Å²) in [7, 11) is 0. The standard InChI is InChI=1S/C34H32N4O3/c1-24-9-8-14-27(21-24)28-15-20-32-31(22-28)33(26-12-6-3-7-13-26)35-36(23-25-10-4-2-5-11-25)34(39)37(32)29-16-18-30(19-17-29)38(40)41/h2,4-5,8-11,14-22,26H,3,6-7,12-13,23H2,1H3. The van der Waals surface area contributed by atoms with Crippen molar-refractivity contribution in [1.29, 1.82) is 0 Å². The molecular formula is C34H32N4O3. The Balaban J connectivity index is 1.55. The Morgan fingerprint density at radius 3 is 2.29 bits per heavy atom. The van der Waals surface area contributed by atoms with Gasteiger partial charge in [-0.15, -0.1) is 0 Å². The fraction of sp³-hybridized carbons (Fsp3) is 0.235. The Labute approximate surface area is 239 Å². The van der Waals surface area contributed by atoms with Gasteiger partial charge in [0.1, 0.15) is 0 Å². The number of benzene rings is 4. The van der Waals surface area contributed by atoms with Crippen LogP contribution in [-0.2, 0) is 6.54 Å². The van der Waals surface area contributed by atoms with E-state index in [1.54, 1.807) is 22.0 Å². The SMILES string of the molecule is Cc1cccc(-c2ccc3c(c2)C(C2CCCCC2)=NN(Cc2ccccc2)C(=O)N3c2ccc([N+](=O)[O-])cc2)c1. The number of hydrazone groups is 1. The fourth-order valence-electron chi connectivity index (χ4n) is 5.90. The number of hydrogen-bond donors (Lipinski definition) is 0. The quantitative estimate of drug-likeness (QED) is 0.180. The number of amides is 2. The smallest absolute Gasteiger partial charge is 0.261 e. The molecule has 2 aliphatic rings. The van der Waals surface area contributed by atoms with Crippen molar-refractivity contribution in [2.24, 2.45) is 11.0 Å². The second-order valence-electron chi connectivity index (χ2n) is 10.9. The van der Waals surface area contributed by atoms with Crippen LogP contribution in [-0.4, -0.2) is 21.7 Å². The van der Waals surface area contributed by atoms with Gasteiger partial charge >= 0.3 is 6.03 Å². The third kappa shape index (κ3) is 5.48. The van der Waals surface area contributed by atoms with Gasteiger partial charge in [-0.25, -0.2) is 9.80 Å². The summed E-state index contributed by atoms with van der Waals surface area (Å²) in [4.78, 5) is 27.0. The molecule has 4 aromatic rings. The highest BCUT2D eigenvalue weighted by molar-refractivity contribution is 6.14. The Kier molecular flexibility index (Phi) is 7.33. The molecule has 0 atom stereocenters. The number of aryl methyl sites for hydroxylation is 1. The van der Waals surface area contributed by atoms with Crippen molar-refractivity contribution >= 4 is 28.8 Å². The van der Waals surface area contributed by atoms with E-state index in [4.69, 9.17) is 5.10 Å². The number of fused-ring (bicyclic) bond motifs is 1.